The van der Waals surface area contributed by atoms with Gasteiger partial charge < -0.3 is 14.5 Å². The average Bonchev–Trinajstić information content (AvgIpc) is 2.67. The van der Waals surface area contributed by atoms with Crippen molar-refractivity contribution in [3.05, 3.63) is 38.1 Å². The molecule has 0 spiro atoms. The molecule has 0 bridgehead atoms. The van der Waals surface area contributed by atoms with Crippen molar-refractivity contribution < 1.29 is 9.52 Å². The van der Waals surface area contributed by atoms with Crippen LogP contribution in [0.5, 0.6) is 5.75 Å². The normalized spacial score (nSPS) is 11.5. The number of aromatic hydroxyl groups is 1. The van der Waals surface area contributed by atoms with E-state index in [-0.39, 0.29) is 43.4 Å². The number of fused-ring (bicyclic) bond motifs is 2. The first kappa shape index (κ1) is 11.4. The molecule has 1 aromatic carbocycles. The predicted molar refractivity (Wildman–Crippen MR) is 70.8 cm³/mol. The Balaban J connectivity index is 2.68. The van der Waals surface area contributed by atoms with Crippen LogP contribution >= 0.6 is 23.2 Å². The minimum Gasteiger partial charge on any atom is -0.507 e. The molecule has 0 aliphatic rings. The van der Waals surface area contributed by atoms with Crippen molar-refractivity contribution in [2.75, 3.05) is 0 Å². The van der Waals surface area contributed by atoms with Gasteiger partial charge in [0.15, 0.2) is 5.58 Å². The van der Waals surface area contributed by atoms with E-state index >= 15 is 0 Å². The molecular formula is C12H7Cl2NO3. The number of halogens is 2. The maximum atomic E-state index is 12.3. The zero-order valence-corrected chi connectivity index (χ0v) is 10.7. The SMILES string of the molecule is Cc1cc(Cl)c2oc3[nH]c(Cl)cc3c(=O)c2c1O. The van der Waals surface area contributed by atoms with Gasteiger partial charge in [0, 0.05) is 0 Å². The number of hydrogen-bond acceptors (Lipinski definition) is 3. The number of H-pyrrole nitrogens is 1. The summed E-state index contributed by atoms with van der Waals surface area (Å²) in [5.74, 6) is -0.123. The van der Waals surface area contributed by atoms with Gasteiger partial charge in [0.1, 0.15) is 16.3 Å². The standard InChI is InChI=1S/C12H7Cl2NO3/c1-4-2-6(13)11-8(9(4)16)10(17)5-3-7(14)15-12(5)18-11/h2-3,15-16H,1H3. The van der Waals surface area contributed by atoms with E-state index in [1.54, 1.807) is 13.0 Å². The molecule has 0 aliphatic carbocycles. The van der Waals surface area contributed by atoms with Crippen LogP contribution in [0.1, 0.15) is 5.56 Å². The molecule has 6 heteroatoms. The van der Waals surface area contributed by atoms with Crippen LogP contribution in [0.4, 0.5) is 0 Å². The lowest BCUT2D eigenvalue weighted by atomic mass is 10.1. The molecule has 2 N–H and O–H groups in total. The smallest absolute Gasteiger partial charge is 0.210 e. The number of aryl methyl sites for hydroxylation is 1. The fourth-order valence-electron chi connectivity index (χ4n) is 1.95. The average molecular weight is 284 g/mol. The van der Waals surface area contributed by atoms with Gasteiger partial charge in [-0.2, -0.15) is 0 Å². The van der Waals surface area contributed by atoms with Gasteiger partial charge >= 0.3 is 0 Å². The molecule has 2 aromatic heterocycles. The number of rotatable bonds is 0. The van der Waals surface area contributed by atoms with Crippen molar-refractivity contribution in [3.8, 4) is 5.75 Å². The Morgan fingerprint density at radius 1 is 1.33 bits per heavy atom. The summed E-state index contributed by atoms with van der Waals surface area (Å²) in [5.41, 5.74) is 0.539. The summed E-state index contributed by atoms with van der Waals surface area (Å²) in [5, 5.41) is 10.9. The summed E-state index contributed by atoms with van der Waals surface area (Å²) in [6, 6.07) is 3.00. The molecule has 92 valence electrons. The lowest BCUT2D eigenvalue weighted by Gasteiger charge is -2.05. The van der Waals surface area contributed by atoms with Gasteiger partial charge in [0.25, 0.3) is 0 Å². The first-order valence-electron chi connectivity index (χ1n) is 5.12. The van der Waals surface area contributed by atoms with Gasteiger partial charge in [-0.1, -0.05) is 23.2 Å². The lowest BCUT2D eigenvalue weighted by molar-refractivity contribution is 0.476. The Hall–Kier alpha value is -1.65. The molecule has 0 fully saturated rings. The van der Waals surface area contributed by atoms with Gasteiger partial charge in [0.05, 0.1) is 10.4 Å². The maximum absolute atomic E-state index is 12.3. The summed E-state index contributed by atoms with van der Waals surface area (Å²) in [7, 11) is 0. The fourth-order valence-corrected chi connectivity index (χ4v) is 2.44. The summed E-state index contributed by atoms with van der Waals surface area (Å²) in [6.07, 6.45) is 0. The summed E-state index contributed by atoms with van der Waals surface area (Å²) < 4.78 is 5.48. The predicted octanol–water partition coefficient (Wildman–Crippen LogP) is 3.60. The molecule has 18 heavy (non-hydrogen) atoms. The zero-order valence-electron chi connectivity index (χ0n) is 9.17. The lowest BCUT2D eigenvalue weighted by Crippen LogP contribution is -2.02. The van der Waals surface area contributed by atoms with Gasteiger partial charge in [-0.15, -0.1) is 0 Å². The highest BCUT2D eigenvalue weighted by Crippen LogP contribution is 2.34. The van der Waals surface area contributed by atoms with Crippen LogP contribution < -0.4 is 5.43 Å². The third kappa shape index (κ3) is 1.43. The van der Waals surface area contributed by atoms with E-state index in [9.17, 15) is 9.90 Å². The van der Waals surface area contributed by atoms with Crippen LogP contribution in [0.2, 0.25) is 10.2 Å². The number of aromatic amines is 1. The third-order valence-electron chi connectivity index (χ3n) is 2.82. The minimum absolute atomic E-state index is 0.0724. The van der Waals surface area contributed by atoms with Crippen molar-refractivity contribution in [2.45, 2.75) is 6.92 Å². The Morgan fingerprint density at radius 2 is 2.06 bits per heavy atom. The van der Waals surface area contributed by atoms with Crippen molar-refractivity contribution in [1.29, 1.82) is 0 Å². The number of phenols is 1. The third-order valence-corrected chi connectivity index (χ3v) is 3.31. The second-order valence-electron chi connectivity index (χ2n) is 4.02. The molecule has 0 saturated carbocycles. The second-order valence-corrected chi connectivity index (χ2v) is 4.83. The van der Waals surface area contributed by atoms with Crippen LogP contribution in [-0.2, 0) is 0 Å². The fraction of sp³-hybridized carbons (Fsp3) is 0.0833. The molecule has 0 atom stereocenters. The number of nitrogens with one attached hydrogen (secondary N) is 1. The monoisotopic (exact) mass is 283 g/mol. The largest absolute Gasteiger partial charge is 0.507 e. The molecule has 0 saturated heterocycles. The van der Waals surface area contributed by atoms with E-state index in [0.29, 0.717) is 5.56 Å². The minimum atomic E-state index is -0.363. The van der Waals surface area contributed by atoms with Crippen molar-refractivity contribution >= 4 is 45.3 Å². The van der Waals surface area contributed by atoms with Gasteiger partial charge in [-0.3, -0.25) is 4.79 Å². The zero-order chi connectivity index (χ0) is 13.0. The first-order valence-corrected chi connectivity index (χ1v) is 5.87. The highest BCUT2D eigenvalue weighted by Gasteiger charge is 2.17. The molecule has 0 aliphatic heterocycles. The Labute approximate surface area is 111 Å². The Bertz CT molecular complexity index is 848. The summed E-state index contributed by atoms with van der Waals surface area (Å²) in [6.45, 7) is 1.66. The quantitative estimate of drug-likeness (QED) is 0.663. The van der Waals surface area contributed by atoms with Crippen LogP contribution in [0.15, 0.2) is 21.3 Å². The molecule has 2 heterocycles. The number of benzene rings is 1. The molecule has 3 aromatic rings. The molecule has 3 rings (SSSR count). The summed E-state index contributed by atoms with van der Waals surface area (Å²) >= 11 is 11.8. The van der Waals surface area contributed by atoms with Crippen molar-refractivity contribution in [2.24, 2.45) is 0 Å². The number of aromatic nitrogens is 1. The molecular weight excluding hydrogens is 277 g/mol. The number of phenolic OH excluding ortho intramolecular Hbond substituents is 1. The topological polar surface area (TPSA) is 66.2 Å². The van der Waals surface area contributed by atoms with E-state index in [1.807, 2.05) is 0 Å². The second kappa shape index (κ2) is 3.67. The van der Waals surface area contributed by atoms with E-state index in [2.05, 4.69) is 4.98 Å². The molecule has 4 nitrogen and oxygen atoms in total. The highest BCUT2D eigenvalue weighted by molar-refractivity contribution is 6.35. The van der Waals surface area contributed by atoms with E-state index in [1.165, 1.54) is 6.07 Å². The van der Waals surface area contributed by atoms with Gasteiger partial charge in [0.2, 0.25) is 11.1 Å². The van der Waals surface area contributed by atoms with Crippen LogP contribution in [0.25, 0.3) is 22.1 Å². The highest BCUT2D eigenvalue weighted by atomic mass is 35.5. The van der Waals surface area contributed by atoms with Crippen molar-refractivity contribution in [1.82, 2.24) is 4.98 Å². The molecule has 0 radical (unpaired) electrons. The first-order chi connectivity index (χ1) is 8.49. The van der Waals surface area contributed by atoms with E-state index < -0.39 is 0 Å². The van der Waals surface area contributed by atoms with E-state index in [0.717, 1.165) is 0 Å². The molecule has 0 unspecified atom stereocenters. The van der Waals surface area contributed by atoms with Crippen LogP contribution in [0.3, 0.4) is 0 Å². The Kier molecular flexibility index (Phi) is 2.33. The number of hydrogen-bond donors (Lipinski definition) is 2. The van der Waals surface area contributed by atoms with Gasteiger partial charge in [-0.25, -0.2) is 0 Å². The maximum Gasteiger partial charge on any atom is 0.210 e. The van der Waals surface area contributed by atoms with Crippen molar-refractivity contribution in [3.63, 3.8) is 0 Å². The molecule has 0 amide bonds. The summed E-state index contributed by atoms with van der Waals surface area (Å²) in [4.78, 5) is 15.0. The van der Waals surface area contributed by atoms with Gasteiger partial charge in [-0.05, 0) is 24.6 Å². The van der Waals surface area contributed by atoms with E-state index in [4.69, 9.17) is 27.6 Å². The Morgan fingerprint density at radius 3 is 2.78 bits per heavy atom. The van der Waals surface area contributed by atoms with Crippen LogP contribution in [0, 0.1) is 6.92 Å². The van der Waals surface area contributed by atoms with Crippen LogP contribution in [-0.4, -0.2) is 10.1 Å².